The molecule has 0 fully saturated rings. The van der Waals surface area contributed by atoms with Crippen LogP contribution in [0.1, 0.15) is 11.1 Å². The Morgan fingerprint density at radius 1 is 1.13 bits per heavy atom. The van der Waals surface area contributed by atoms with Gasteiger partial charge in [-0.15, -0.1) is 5.10 Å². The first-order valence-electron chi connectivity index (χ1n) is 7.17. The molecule has 3 aromatic rings. The fraction of sp³-hybridized carbons (Fsp3) is 0.111. The zero-order chi connectivity index (χ0) is 16.4. The minimum atomic E-state index is -0.535. The highest BCUT2D eigenvalue weighted by Gasteiger charge is 2.13. The van der Waals surface area contributed by atoms with Gasteiger partial charge >= 0.3 is 0 Å². The first-order valence-corrected chi connectivity index (χ1v) is 7.17. The number of rotatable bonds is 3. The largest absolute Gasteiger partial charge is 0.372 e. The number of aromatic nitrogens is 2. The van der Waals surface area contributed by atoms with Crippen LogP contribution in [0.3, 0.4) is 0 Å². The van der Waals surface area contributed by atoms with Gasteiger partial charge in [0.2, 0.25) is 0 Å². The molecule has 0 aliphatic heterocycles. The quantitative estimate of drug-likeness (QED) is 0.798. The number of aryl methyl sites for hydroxylation is 1. The molecule has 1 heterocycles. The van der Waals surface area contributed by atoms with Crippen LogP contribution in [0.25, 0.3) is 16.9 Å². The Kier molecular flexibility index (Phi) is 3.82. The Labute approximate surface area is 133 Å². The van der Waals surface area contributed by atoms with E-state index in [0.29, 0.717) is 11.4 Å². The highest BCUT2D eigenvalue weighted by atomic mass is 19.1. The Morgan fingerprint density at radius 3 is 2.48 bits per heavy atom. The first kappa shape index (κ1) is 14.8. The van der Waals surface area contributed by atoms with E-state index in [1.54, 1.807) is 17.8 Å². The van der Waals surface area contributed by atoms with Crippen molar-refractivity contribution in [2.45, 2.75) is 6.92 Å². The number of halogens is 1. The zero-order valence-electron chi connectivity index (χ0n) is 12.8. The highest BCUT2D eigenvalue weighted by molar-refractivity contribution is 5.67. The average molecular weight is 306 g/mol. The number of benzene rings is 2. The van der Waals surface area contributed by atoms with Gasteiger partial charge in [-0.3, -0.25) is 0 Å². The molecule has 5 heteroatoms. The molecule has 1 aromatic heterocycles. The number of nitriles is 1. The normalized spacial score (nSPS) is 10.3. The molecule has 0 aliphatic carbocycles. The van der Waals surface area contributed by atoms with E-state index in [-0.39, 0.29) is 5.56 Å². The molecule has 4 nitrogen and oxygen atoms in total. The van der Waals surface area contributed by atoms with E-state index in [1.807, 2.05) is 43.3 Å². The summed E-state index contributed by atoms with van der Waals surface area (Å²) in [4.78, 5) is 0. The Bertz CT molecular complexity index is 888. The zero-order valence-corrected chi connectivity index (χ0v) is 12.8. The number of nitrogens with one attached hydrogen (secondary N) is 1. The molecule has 0 aliphatic rings. The van der Waals surface area contributed by atoms with Crippen LogP contribution in [0.4, 0.5) is 10.2 Å². The van der Waals surface area contributed by atoms with Crippen LogP contribution in [-0.4, -0.2) is 16.8 Å². The number of anilines is 1. The van der Waals surface area contributed by atoms with Crippen LogP contribution < -0.4 is 5.32 Å². The lowest BCUT2D eigenvalue weighted by molar-refractivity contribution is 0.624. The lowest BCUT2D eigenvalue weighted by Gasteiger charge is -2.08. The summed E-state index contributed by atoms with van der Waals surface area (Å²) in [5.41, 5.74) is 3.49. The van der Waals surface area contributed by atoms with Crippen LogP contribution >= 0.6 is 0 Å². The summed E-state index contributed by atoms with van der Waals surface area (Å²) in [5, 5.41) is 16.4. The first-order chi connectivity index (χ1) is 11.1. The minimum Gasteiger partial charge on any atom is -0.372 e. The highest BCUT2D eigenvalue weighted by Crippen LogP contribution is 2.27. The second kappa shape index (κ2) is 5.93. The molecule has 0 unspecified atom stereocenters. The van der Waals surface area contributed by atoms with Crippen LogP contribution in [-0.2, 0) is 0 Å². The fourth-order valence-corrected chi connectivity index (χ4v) is 2.36. The minimum absolute atomic E-state index is 0.0315. The molecule has 23 heavy (non-hydrogen) atoms. The lowest BCUT2D eigenvalue weighted by Crippen LogP contribution is -2.00. The molecular weight excluding hydrogens is 291 g/mol. The molecule has 0 spiro atoms. The van der Waals surface area contributed by atoms with E-state index in [0.717, 1.165) is 16.9 Å². The Morgan fingerprint density at radius 2 is 1.87 bits per heavy atom. The molecule has 0 saturated heterocycles. The van der Waals surface area contributed by atoms with Crippen molar-refractivity contribution in [2.24, 2.45) is 0 Å². The molecule has 0 amide bonds. The van der Waals surface area contributed by atoms with Crippen LogP contribution in [0, 0.1) is 24.1 Å². The molecule has 3 rings (SSSR count). The van der Waals surface area contributed by atoms with Gasteiger partial charge in [0.1, 0.15) is 17.7 Å². The van der Waals surface area contributed by atoms with E-state index in [2.05, 4.69) is 10.4 Å². The molecule has 0 bridgehead atoms. The van der Waals surface area contributed by atoms with Crippen molar-refractivity contribution < 1.29 is 4.39 Å². The van der Waals surface area contributed by atoms with E-state index < -0.39 is 5.82 Å². The van der Waals surface area contributed by atoms with Crippen molar-refractivity contribution in [3.8, 4) is 23.0 Å². The summed E-state index contributed by atoms with van der Waals surface area (Å²) in [6.45, 7) is 2.02. The van der Waals surface area contributed by atoms with Gasteiger partial charge in [0, 0.05) is 18.7 Å². The molecule has 0 radical (unpaired) electrons. The van der Waals surface area contributed by atoms with Gasteiger partial charge in [0.25, 0.3) is 0 Å². The van der Waals surface area contributed by atoms with Crippen molar-refractivity contribution in [1.29, 1.82) is 5.26 Å². The molecular formula is C18H15FN4. The smallest absolute Gasteiger partial charge is 0.148 e. The van der Waals surface area contributed by atoms with E-state index >= 15 is 0 Å². The van der Waals surface area contributed by atoms with Crippen molar-refractivity contribution in [3.63, 3.8) is 0 Å². The SMILES string of the molecule is CNc1cc(-c2ccc(C#N)c(F)c2)n(-c2ccc(C)cc2)n1. The monoisotopic (exact) mass is 306 g/mol. The van der Waals surface area contributed by atoms with Crippen molar-refractivity contribution >= 4 is 5.82 Å². The summed E-state index contributed by atoms with van der Waals surface area (Å²) in [6, 6.07) is 16.2. The third-order valence-electron chi connectivity index (χ3n) is 3.63. The van der Waals surface area contributed by atoms with Crippen LogP contribution in [0.15, 0.2) is 48.5 Å². The van der Waals surface area contributed by atoms with Crippen molar-refractivity contribution in [3.05, 3.63) is 65.5 Å². The number of nitrogens with zero attached hydrogens (tertiary/aromatic N) is 3. The second-order valence-corrected chi connectivity index (χ2v) is 5.22. The third kappa shape index (κ3) is 2.79. The van der Waals surface area contributed by atoms with E-state index in [4.69, 9.17) is 5.26 Å². The van der Waals surface area contributed by atoms with Gasteiger partial charge in [-0.1, -0.05) is 23.8 Å². The summed E-state index contributed by atoms with van der Waals surface area (Å²) in [6.07, 6.45) is 0. The van der Waals surface area contributed by atoms with Crippen molar-refractivity contribution in [2.75, 3.05) is 12.4 Å². The maximum atomic E-state index is 13.9. The molecule has 0 atom stereocenters. The topological polar surface area (TPSA) is 53.6 Å². The Hall–Kier alpha value is -3.13. The van der Waals surface area contributed by atoms with Crippen LogP contribution in [0.5, 0.6) is 0 Å². The number of hydrogen-bond donors (Lipinski definition) is 1. The summed E-state index contributed by atoms with van der Waals surface area (Å²) in [7, 11) is 1.78. The Balaban J connectivity index is 2.15. The average Bonchev–Trinajstić information content (AvgIpc) is 3.00. The summed E-state index contributed by atoms with van der Waals surface area (Å²) < 4.78 is 15.7. The predicted molar refractivity (Wildman–Crippen MR) is 88.0 cm³/mol. The van der Waals surface area contributed by atoms with Gasteiger partial charge < -0.3 is 5.32 Å². The molecule has 1 N–H and O–H groups in total. The van der Waals surface area contributed by atoms with Gasteiger partial charge in [-0.25, -0.2) is 9.07 Å². The maximum absolute atomic E-state index is 13.9. The molecule has 114 valence electrons. The van der Waals surface area contributed by atoms with Gasteiger partial charge in [-0.2, -0.15) is 5.26 Å². The third-order valence-corrected chi connectivity index (χ3v) is 3.63. The van der Waals surface area contributed by atoms with Gasteiger partial charge in [0.05, 0.1) is 16.9 Å². The van der Waals surface area contributed by atoms with Crippen molar-refractivity contribution in [1.82, 2.24) is 9.78 Å². The number of hydrogen-bond acceptors (Lipinski definition) is 3. The van der Waals surface area contributed by atoms with Crippen LogP contribution in [0.2, 0.25) is 0 Å². The fourth-order valence-electron chi connectivity index (χ4n) is 2.36. The predicted octanol–water partition coefficient (Wildman–Crippen LogP) is 3.90. The van der Waals surface area contributed by atoms with Gasteiger partial charge in [-0.05, 0) is 31.2 Å². The molecule has 2 aromatic carbocycles. The van der Waals surface area contributed by atoms with E-state index in [9.17, 15) is 4.39 Å². The van der Waals surface area contributed by atoms with Gasteiger partial charge in [0.15, 0.2) is 0 Å². The maximum Gasteiger partial charge on any atom is 0.148 e. The molecule has 0 saturated carbocycles. The lowest BCUT2D eigenvalue weighted by atomic mass is 10.1. The standard InChI is InChI=1S/C18H15FN4/c1-12-3-7-15(8-4-12)23-17(10-18(21-2)22-23)13-5-6-14(11-20)16(19)9-13/h3-10H,1-2H3,(H,21,22). The second-order valence-electron chi connectivity index (χ2n) is 5.22. The summed E-state index contributed by atoms with van der Waals surface area (Å²) >= 11 is 0. The van der Waals surface area contributed by atoms with E-state index in [1.165, 1.54) is 12.1 Å². The summed E-state index contributed by atoms with van der Waals surface area (Å²) in [5.74, 6) is 0.151.